The highest BCUT2D eigenvalue weighted by Gasteiger charge is 2.11. The number of fused-ring (bicyclic) bond motifs is 1. The molecule has 0 unspecified atom stereocenters. The zero-order valence-electron chi connectivity index (χ0n) is 10.8. The summed E-state index contributed by atoms with van der Waals surface area (Å²) in [6, 6.07) is 21.7. The summed E-state index contributed by atoms with van der Waals surface area (Å²) in [5.41, 5.74) is 1.83. The second-order valence-electron chi connectivity index (χ2n) is 4.73. The summed E-state index contributed by atoms with van der Waals surface area (Å²) < 4.78 is 1.02. The Hall–Kier alpha value is -1.93. The Bertz CT molecular complexity index is 763. The molecule has 0 saturated carbocycles. The molecule has 20 heavy (non-hydrogen) atoms. The lowest BCUT2D eigenvalue weighted by Gasteiger charge is -2.07. The van der Waals surface area contributed by atoms with Gasteiger partial charge in [-0.05, 0) is 28.5 Å². The number of halogens is 1. The number of ketones is 1. The third-order valence-corrected chi connectivity index (χ3v) is 4.07. The lowest BCUT2D eigenvalue weighted by atomic mass is 9.97. The third-order valence-electron chi connectivity index (χ3n) is 3.38. The average molecular weight is 325 g/mol. The minimum atomic E-state index is 0.153. The first-order chi connectivity index (χ1) is 9.75. The van der Waals surface area contributed by atoms with Gasteiger partial charge in [0.15, 0.2) is 5.78 Å². The molecule has 1 nitrogen and oxygen atoms in total. The van der Waals surface area contributed by atoms with E-state index in [0.717, 1.165) is 26.4 Å². The number of hydrogen-bond acceptors (Lipinski definition) is 1. The van der Waals surface area contributed by atoms with Crippen molar-refractivity contribution in [1.29, 1.82) is 0 Å². The van der Waals surface area contributed by atoms with Gasteiger partial charge < -0.3 is 0 Å². The third kappa shape index (κ3) is 2.52. The van der Waals surface area contributed by atoms with Gasteiger partial charge in [-0.1, -0.05) is 70.5 Å². The molecule has 0 heterocycles. The Morgan fingerprint density at radius 1 is 0.800 bits per heavy atom. The van der Waals surface area contributed by atoms with E-state index in [2.05, 4.69) is 15.9 Å². The molecule has 0 aliphatic heterocycles. The Balaban J connectivity index is 2.02. The van der Waals surface area contributed by atoms with Crippen molar-refractivity contribution >= 4 is 32.5 Å². The molecular formula is C18H13BrO. The maximum atomic E-state index is 12.5. The quantitative estimate of drug-likeness (QED) is 0.618. The van der Waals surface area contributed by atoms with E-state index in [1.165, 1.54) is 0 Å². The van der Waals surface area contributed by atoms with Crippen LogP contribution >= 0.6 is 15.9 Å². The molecule has 0 bridgehead atoms. The highest BCUT2D eigenvalue weighted by Crippen LogP contribution is 2.27. The topological polar surface area (TPSA) is 17.1 Å². The maximum Gasteiger partial charge on any atom is 0.167 e. The molecule has 0 amide bonds. The number of rotatable bonds is 3. The smallest absolute Gasteiger partial charge is 0.167 e. The molecule has 0 aromatic heterocycles. The standard InChI is InChI=1S/C18H13BrO/c19-17-11-10-16(14-8-4-5-9-15(14)17)18(20)12-13-6-2-1-3-7-13/h1-11H,12H2. The number of carbonyl (C=O) groups is 1. The molecule has 0 aliphatic carbocycles. The van der Waals surface area contributed by atoms with E-state index in [9.17, 15) is 4.79 Å². The van der Waals surface area contributed by atoms with Gasteiger partial charge in [-0.3, -0.25) is 4.79 Å². The molecule has 3 aromatic rings. The first-order valence-corrected chi connectivity index (χ1v) is 7.29. The minimum absolute atomic E-state index is 0.153. The Morgan fingerprint density at radius 3 is 2.20 bits per heavy atom. The van der Waals surface area contributed by atoms with Gasteiger partial charge >= 0.3 is 0 Å². The Morgan fingerprint density at radius 2 is 1.45 bits per heavy atom. The fourth-order valence-electron chi connectivity index (χ4n) is 2.38. The van der Waals surface area contributed by atoms with Gasteiger partial charge in [0.25, 0.3) is 0 Å². The van der Waals surface area contributed by atoms with Gasteiger partial charge in [-0.2, -0.15) is 0 Å². The predicted molar refractivity (Wildman–Crippen MR) is 86.1 cm³/mol. The van der Waals surface area contributed by atoms with E-state index in [-0.39, 0.29) is 5.78 Å². The maximum absolute atomic E-state index is 12.5. The van der Waals surface area contributed by atoms with Gasteiger partial charge in [0.1, 0.15) is 0 Å². The van der Waals surface area contributed by atoms with Crippen molar-refractivity contribution in [1.82, 2.24) is 0 Å². The van der Waals surface area contributed by atoms with Crippen LogP contribution in [0.25, 0.3) is 10.8 Å². The Kier molecular flexibility index (Phi) is 3.66. The summed E-state index contributed by atoms with van der Waals surface area (Å²) in [4.78, 5) is 12.5. The van der Waals surface area contributed by atoms with E-state index >= 15 is 0 Å². The normalized spacial score (nSPS) is 10.7. The molecule has 0 atom stereocenters. The zero-order valence-corrected chi connectivity index (χ0v) is 12.4. The highest BCUT2D eigenvalue weighted by atomic mass is 79.9. The second kappa shape index (κ2) is 5.59. The zero-order chi connectivity index (χ0) is 13.9. The summed E-state index contributed by atoms with van der Waals surface area (Å²) in [7, 11) is 0. The van der Waals surface area contributed by atoms with Gasteiger partial charge in [0.2, 0.25) is 0 Å². The van der Waals surface area contributed by atoms with Crippen LogP contribution in [-0.4, -0.2) is 5.78 Å². The molecule has 3 aromatic carbocycles. The Labute approximate surface area is 126 Å². The largest absolute Gasteiger partial charge is 0.294 e. The van der Waals surface area contributed by atoms with Crippen molar-refractivity contribution in [3.63, 3.8) is 0 Å². The summed E-state index contributed by atoms with van der Waals surface area (Å²) in [6.45, 7) is 0. The van der Waals surface area contributed by atoms with Crippen molar-refractivity contribution in [2.75, 3.05) is 0 Å². The lowest BCUT2D eigenvalue weighted by molar-refractivity contribution is 0.0994. The summed E-state index contributed by atoms with van der Waals surface area (Å²) in [5, 5.41) is 2.08. The molecule has 0 saturated heterocycles. The van der Waals surface area contributed by atoms with Gasteiger partial charge in [-0.25, -0.2) is 0 Å². The van der Waals surface area contributed by atoms with Crippen molar-refractivity contribution in [2.24, 2.45) is 0 Å². The van der Waals surface area contributed by atoms with E-state index in [0.29, 0.717) is 6.42 Å². The van der Waals surface area contributed by atoms with E-state index < -0.39 is 0 Å². The SMILES string of the molecule is O=C(Cc1ccccc1)c1ccc(Br)c2ccccc12. The molecule has 98 valence electrons. The van der Waals surface area contributed by atoms with Crippen LogP contribution in [-0.2, 0) is 6.42 Å². The average Bonchev–Trinajstić information content (AvgIpc) is 2.49. The summed E-state index contributed by atoms with van der Waals surface area (Å²) in [5.74, 6) is 0.153. The highest BCUT2D eigenvalue weighted by molar-refractivity contribution is 9.10. The fraction of sp³-hybridized carbons (Fsp3) is 0.0556. The first kappa shape index (κ1) is 13.1. The number of carbonyl (C=O) groups excluding carboxylic acids is 1. The molecule has 0 spiro atoms. The van der Waals surface area contributed by atoms with Crippen LogP contribution in [0.4, 0.5) is 0 Å². The second-order valence-corrected chi connectivity index (χ2v) is 5.58. The number of benzene rings is 3. The fourth-order valence-corrected chi connectivity index (χ4v) is 2.86. The minimum Gasteiger partial charge on any atom is -0.294 e. The molecule has 0 fully saturated rings. The molecule has 0 aliphatic rings. The number of Topliss-reactive ketones (excluding diaryl/α,β-unsaturated/α-hetero) is 1. The van der Waals surface area contributed by atoms with Crippen LogP contribution in [0.3, 0.4) is 0 Å². The van der Waals surface area contributed by atoms with Crippen molar-refractivity contribution < 1.29 is 4.79 Å². The monoisotopic (exact) mass is 324 g/mol. The van der Waals surface area contributed by atoms with Crippen LogP contribution in [0.1, 0.15) is 15.9 Å². The van der Waals surface area contributed by atoms with E-state index in [1.807, 2.05) is 66.7 Å². The van der Waals surface area contributed by atoms with Crippen LogP contribution in [0.15, 0.2) is 71.2 Å². The van der Waals surface area contributed by atoms with Gasteiger partial charge in [0, 0.05) is 16.5 Å². The van der Waals surface area contributed by atoms with Crippen LogP contribution in [0.2, 0.25) is 0 Å². The molecule has 2 heteroatoms. The van der Waals surface area contributed by atoms with E-state index in [4.69, 9.17) is 0 Å². The molecule has 0 N–H and O–H groups in total. The summed E-state index contributed by atoms with van der Waals surface area (Å²) >= 11 is 3.54. The van der Waals surface area contributed by atoms with E-state index in [1.54, 1.807) is 0 Å². The van der Waals surface area contributed by atoms with Crippen LogP contribution in [0, 0.1) is 0 Å². The lowest BCUT2D eigenvalue weighted by Crippen LogP contribution is -2.04. The van der Waals surface area contributed by atoms with Crippen molar-refractivity contribution in [3.8, 4) is 0 Å². The predicted octanol–water partition coefficient (Wildman–Crippen LogP) is 5.03. The van der Waals surface area contributed by atoms with Gasteiger partial charge in [0.05, 0.1) is 0 Å². The summed E-state index contributed by atoms with van der Waals surface area (Å²) in [6.07, 6.45) is 0.437. The van der Waals surface area contributed by atoms with Crippen molar-refractivity contribution in [3.05, 3.63) is 82.3 Å². The van der Waals surface area contributed by atoms with Gasteiger partial charge in [-0.15, -0.1) is 0 Å². The molecule has 3 rings (SSSR count). The first-order valence-electron chi connectivity index (χ1n) is 6.50. The number of hydrogen-bond donors (Lipinski definition) is 0. The van der Waals surface area contributed by atoms with Crippen LogP contribution < -0.4 is 0 Å². The van der Waals surface area contributed by atoms with Crippen molar-refractivity contribution in [2.45, 2.75) is 6.42 Å². The molecular weight excluding hydrogens is 312 g/mol. The molecule has 0 radical (unpaired) electrons. The van der Waals surface area contributed by atoms with Crippen LogP contribution in [0.5, 0.6) is 0 Å².